The van der Waals surface area contributed by atoms with Crippen molar-refractivity contribution in [1.29, 1.82) is 0 Å². The lowest BCUT2D eigenvalue weighted by molar-refractivity contribution is -0.0498. The van der Waals surface area contributed by atoms with Gasteiger partial charge in [-0.3, -0.25) is 0 Å². The van der Waals surface area contributed by atoms with Crippen LogP contribution in [0.25, 0.3) is 0 Å². The lowest BCUT2D eigenvalue weighted by Crippen LogP contribution is -2.12. The first-order chi connectivity index (χ1) is 10.1. The summed E-state index contributed by atoms with van der Waals surface area (Å²) in [6.07, 6.45) is 0.886. The molecule has 2 N–H and O–H groups in total. The fourth-order valence-electron chi connectivity index (χ4n) is 2.45. The van der Waals surface area contributed by atoms with Gasteiger partial charge in [-0.15, -0.1) is 0 Å². The highest BCUT2D eigenvalue weighted by Gasteiger charge is 2.16. The summed E-state index contributed by atoms with van der Waals surface area (Å²) in [5.41, 5.74) is 9.20. The van der Waals surface area contributed by atoms with Gasteiger partial charge in [-0.2, -0.15) is 8.78 Å². The van der Waals surface area contributed by atoms with Crippen LogP contribution < -0.4 is 15.2 Å². The van der Waals surface area contributed by atoms with E-state index >= 15 is 0 Å². The molecule has 110 valence electrons. The zero-order chi connectivity index (χ0) is 14.8. The first kappa shape index (κ1) is 13.8. The van der Waals surface area contributed by atoms with E-state index < -0.39 is 6.61 Å². The maximum atomic E-state index is 12.1. The van der Waals surface area contributed by atoms with Crippen LogP contribution in [0.5, 0.6) is 11.5 Å². The lowest BCUT2D eigenvalue weighted by atomic mass is 9.97. The summed E-state index contributed by atoms with van der Waals surface area (Å²) in [6.45, 7) is -2.12. The van der Waals surface area contributed by atoms with Crippen molar-refractivity contribution >= 4 is 0 Å². The third-order valence-electron chi connectivity index (χ3n) is 3.54. The van der Waals surface area contributed by atoms with Gasteiger partial charge in [0.1, 0.15) is 11.5 Å². The molecule has 0 radical (unpaired) electrons. The molecule has 1 aliphatic heterocycles. The zero-order valence-corrected chi connectivity index (χ0v) is 11.3. The van der Waals surface area contributed by atoms with Crippen LogP contribution in [0.15, 0.2) is 42.5 Å². The molecule has 0 spiro atoms. The minimum absolute atomic E-state index is 0.128. The van der Waals surface area contributed by atoms with Crippen molar-refractivity contribution in [2.24, 2.45) is 5.73 Å². The summed E-state index contributed by atoms with van der Waals surface area (Å²) in [5, 5.41) is 0. The van der Waals surface area contributed by atoms with E-state index in [0.29, 0.717) is 6.61 Å². The molecule has 0 saturated heterocycles. The maximum Gasteiger partial charge on any atom is 0.387 e. The van der Waals surface area contributed by atoms with E-state index in [0.717, 1.165) is 28.9 Å². The minimum Gasteiger partial charge on any atom is -0.493 e. The molecule has 2 aromatic rings. The first-order valence-corrected chi connectivity index (χ1v) is 6.69. The van der Waals surface area contributed by atoms with E-state index in [-0.39, 0.29) is 11.8 Å². The summed E-state index contributed by atoms with van der Waals surface area (Å²) in [5.74, 6) is 1.04. The van der Waals surface area contributed by atoms with Gasteiger partial charge in [0.2, 0.25) is 0 Å². The second-order valence-electron chi connectivity index (χ2n) is 4.89. The molecule has 0 aromatic heterocycles. The summed E-state index contributed by atoms with van der Waals surface area (Å²) in [7, 11) is 0. The fourth-order valence-corrected chi connectivity index (χ4v) is 2.45. The predicted octanol–water partition coefficient (Wildman–Crippen LogP) is 3.27. The quantitative estimate of drug-likeness (QED) is 0.940. The third-order valence-corrected chi connectivity index (χ3v) is 3.54. The molecule has 0 saturated carbocycles. The second kappa shape index (κ2) is 5.69. The van der Waals surface area contributed by atoms with E-state index in [9.17, 15) is 8.78 Å². The number of rotatable bonds is 4. The third kappa shape index (κ3) is 2.97. The molecule has 1 unspecified atom stereocenters. The Balaban J connectivity index is 1.79. The summed E-state index contributed by atoms with van der Waals surface area (Å²) < 4.78 is 34.0. The number of alkyl halides is 2. The van der Waals surface area contributed by atoms with Crippen molar-refractivity contribution in [2.45, 2.75) is 19.1 Å². The average molecular weight is 291 g/mol. The Labute approximate surface area is 121 Å². The number of halogens is 2. The van der Waals surface area contributed by atoms with Crippen LogP contribution in [0, 0.1) is 0 Å². The highest BCUT2D eigenvalue weighted by molar-refractivity contribution is 5.43. The van der Waals surface area contributed by atoms with Gasteiger partial charge < -0.3 is 15.2 Å². The van der Waals surface area contributed by atoms with Crippen molar-refractivity contribution < 1.29 is 18.3 Å². The van der Waals surface area contributed by atoms with Gasteiger partial charge in [0.05, 0.1) is 12.6 Å². The normalized spacial score (nSPS) is 14.7. The average Bonchev–Trinajstić information content (AvgIpc) is 2.94. The molecule has 1 atom stereocenters. The lowest BCUT2D eigenvalue weighted by Gasteiger charge is -2.14. The highest BCUT2D eigenvalue weighted by atomic mass is 19.3. The molecular weight excluding hydrogens is 276 g/mol. The van der Waals surface area contributed by atoms with Gasteiger partial charge in [-0.25, -0.2) is 0 Å². The van der Waals surface area contributed by atoms with Crippen LogP contribution >= 0.6 is 0 Å². The minimum atomic E-state index is -2.82. The Hall–Kier alpha value is -2.14. The molecular formula is C16H15F2NO2. The fraction of sp³-hybridized carbons (Fsp3) is 0.250. The monoisotopic (exact) mass is 291 g/mol. The second-order valence-corrected chi connectivity index (χ2v) is 4.89. The zero-order valence-electron chi connectivity index (χ0n) is 11.3. The Morgan fingerprint density at radius 3 is 2.48 bits per heavy atom. The van der Waals surface area contributed by atoms with Gasteiger partial charge in [0.15, 0.2) is 0 Å². The highest BCUT2D eigenvalue weighted by Crippen LogP contribution is 2.30. The van der Waals surface area contributed by atoms with Gasteiger partial charge in [0, 0.05) is 6.42 Å². The van der Waals surface area contributed by atoms with E-state index in [1.54, 1.807) is 12.1 Å². The first-order valence-electron chi connectivity index (χ1n) is 6.69. The molecule has 0 amide bonds. The van der Waals surface area contributed by atoms with Crippen molar-refractivity contribution in [3.05, 3.63) is 59.2 Å². The van der Waals surface area contributed by atoms with E-state index in [1.165, 1.54) is 12.1 Å². The smallest absolute Gasteiger partial charge is 0.387 e. The molecule has 5 heteroatoms. The van der Waals surface area contributed by atoms with Crippen molar-refractivity contribution in [2.75, 3.05) is 6.61 Å². The van der Waals surface area contributed by atoms with E-state index in [2.05, 4.69) is 4.74 Å². The topological polar surface area (TPSA) is 44.5 Å². The largest absolute Gasteiger partial charge is 0.493 e. The van der Waals surface area contributed by atoms with Gasteiger partial charge in [-0.1, -0.05) is 24.3 Å². The molecule has 0 bridgehead atoms. The van der Waals surface area contributed by atoms with Gasteiger partial charge in [0.25, 0.3) is 0 Å². The standard InChI is InChI=1S/C16H15F2NO2/c17-16(18)21-13-4-1-10(2-5-13)15(19)12-3-6-14-11(9-12)7-8-20-14/h1-6,9,15-16H,7-8,19H2. The Morgan fingerprint density at radius 1 is 1.05 bits per heavy atom. The molecule has 3 nitrogen and oxygen atoms in total. The summed E-state index contributed by atoms with van der Waals surface area (Å²) >= 11 is 0. The molecule has 1 aliphatic rings. The number of hydrogen-bond acceptors (Lipinski definition) is 3. The molecule has 0 fully saturated rings. The molecule has 2 aromatic carbocycles. The predicted molar refractivity (Wildman–Crippen MR) is 74.7 cm³/mol. The van der Waals surface area contributed by atoms with Crippen LogP contribution in [0.1, 0.15) is 22.7 Å². The SMILES string of the molecule is NC(c1ccc(OC(F)F)cc1)c1ccc2c(c1)CCO2. The molecule has 3 rings (SSSR count). The number of hydrogen-bond donors (Lipinski definition) is 1. The van der Waals surface area contributed by atoms with Crippen LogP contribution in [0.3, 0.4) is 0 Å². The number of benzene rings is 2. The summed E-state index contributed by atoms with van der Waals surface area (Å²) in [6, 6.07) is 12.0. The van der Waals surface area contributed by atoms with Crippen LogP contribution in [-0.4, -0.2) is 13.2 Å². The van der Waals surface area contributed by atoms with Crippen LogP contribution in [-0.2, 0) is 6.42 Å². The maximum absolute atomic E-state index is 12.1. The van der Waals surface area contributed by atoms with Crippen LogP contribution in [0.2, 0.25) is 0 Å². The number of nitrogens with two attached hydrogens (primary N) is 1. The van der Waals surface area contributed by atoms with Crippen molar-refractivity contribution in [1.82, 2.24) is 0 Å². The van der Waals surface area contributed by atoms with Crippen LogP contribution in [0.4, 0.5) is 8.78 Å². The number of ether oxygens (including phenoxy) is 2. The molecule has 0 aliphatic carbocycles. The Morgan fingerprint density at radius 2 is 1.76 bits per heavy atom. The summed E-state index contributed by atoms with van der Waals surface area (Å²) in [4.78, 5) is 0. The van der Waals surface area contributed by atoms with E-state index in [1.807, 2.05) is 18.2 Å². The molecule has 1 heterocycles. The van der Waals surface area contributed by atoms with Gasteiger partial charge in [-0.05, 0) is 34.9 Å². The number of fused-ring (bicyclic) bond motifs is 1. The Bertz CT molecular complexity index is 629. The van der Waals surface area contributed by atoms with E-state index in [4.69, 9.17) is 10.5 Å². The van der Waals surface area contributed by atoms with Crippen molar-refractivity contribution in [3.63, 3.8) is 0 Å². The van der Waals surface area contributed by atoms with Gasteiger partial charge >= 0.3 is 6.61 Å². The Kier molecular flexibility index (Phi) is 3.75. The van der Waals surface area contributed by atoms with Crippen molar-refractivity contribution in [3.8, 4) is 11.5 Å². The molecule has 21 heavy (non-hydrogen) atoms.